The lowest BCUT2D eigenvalue weighted by atomic mass is 9.68. The maximum Gasteiger partial charge on any atom is 0.266 e. The summed E-state index contributed by atoms with van der Waals surface area (Å²) in [6, 6.07) is 1.37. The first-order chi connectivity index (χ1) is 16.7. The lowest BCUT2D eigenvalue weighted by molar-refractivity contribution is -0.0463. The van der Waals surface area contributed by atoms with Gasteiger partial charge in [0.15, 0.2) is 17.1 Å². The van der Waals surface area contributed by atoms with Gasteiger partial charge in [0.1, 0.15) is 28.6 Å². The van der Waals surface area contributed by atoms with Crippen LogP contribution in [-0.4, -0.2) is 38.4 Å². The maximum absolute atomic E-state index is 14.1. The van der Waals surface area contributed by atoms with Crippen LogP contribution in [0, 0.1) is 0 Å². The first kappa shape index (κ1) is 24.2. The SMILES string of the molecule is CC(C)=CCC12CC(C(C)(C)O)OC1=C(O)C(=O)c1oc3c4c(cc(O)c3c(=O)c12)OC(C)(C)C=C4. The molecule has 2 atom stereocenters. The van der Waals surface area contributed by atoms with Crippen molar-refractivity contribution in [2.75, 3.05) is 0 Å². The summed E-state index contributed by atoms with van der Waals surface area (Å²) in [5, 5.41) is 32.6. The Morgan fingerprint density at radius 1 is 1.22 bits per heavy atom. The lowest BCUT2D eigenvalue weighted by Crippen LogP contribution is -2.40. The Kier molecular flexibility index (Phi) is 5.03. The quantitative estimate of drug-likeness (QED) is 0.519. The summed E-state index contributed by atoms with van der Waals surface area (Å²) >= 11 is 0. The Morgan fingerprint density at radius 3 is 2.56 bits per heavy atom. The third-order valence-electron chi connectivity index (χ3n) is 7.16. The average Bonchev–Trinajstić information content (AvgIpc) is 3.16. The molecule has 3 heterocycles. The van der Waals surface area contributed by atoms with Crippen LogP contribution in [0.3, 0.4) is 0 Å². The van der Waals surface area contributed by atoms with Crippen LogP contribution in [0.4, 0.5) is 0 Å². The molecular formula is C28H30O8. The number of aliphatic hydroxyl groups excluding tert-OH is 1. The van der Waals surface area contributed by atoms with Gasteiger partial charge in [0.05, 0.1) is 22.1 Å². The predicted molar refractivity (Wildman–Crippen MR) is 133 cm³/mol. The molecule has 1 saturated heterocycles. The smallest absolute Gasteiger partial charge is 0.266 e. The van der Waals surface area contributed by atoms with Gasteiger partial charge >= 0.3 is 0 Å². The standard InChI is InChI=1S/C28H30O8/c1-13(2)7-10-28-12-17(27(5,6)33)34-25(28)22(32)21(31)24-19(28)20(30)18-15(29)11-16-14(23(18)35-24)8-9-26(3,4)36-16/h7-9,11,17,29,32-33H,10,12H2,1-6H3. The highest BCUT2D eigenvalue weighted by molar-refractivity contribution is 6.10. The molecule has 0 saturated carbocycles. The van der Waals surface area contributed by atoms with E-state index in [4.69, 9.17) is 13.9 Å². The minimum atomic E-state index is -1.32. The number of benzene rings is 1. The van der Waals surface area contributed by atoms with E-state index in [-0.39, 0.29) is 46.6 Å². The molecule has 2 aliphatic heterocycles. The van der Waals surface area contributed by atoms with Gasteiger partial charge in [0, 0.05) is 12.5 Å². The Balaban J connectivity index is 1.87. The van der Waals surface area contributed by atoms with Gasteiger partial charge < -0.3 is 29.2 Å². The van der Waals surface area contributed by atoms with Crippen molar-refractivity contribution in [3.63, 3.8) is 0 Å². The molecule has 36 heavy (non-hydrogen) atoms. The topological polar surface area (TPSA) is 126 Å². The fraction of sp³-hybridized carbons (Fsp3) is 0.429. The number of hydrogen-bond donors (Lipinski definition) is 3. The van der Waals surface area contributed by atoms with E-state index in [0.29, 0.717) is 11.3 Å². The Morgan fingerprint density at radius 2 is 1.92 bits per heavy atom. The number of fused-ring (bicyclic) bond motifs is 6. The number of hydrogen-bond acceptors (Lipinski definition) is 8. The van der Waals surface area contributed by atoms with E-state index in [0.717, 1.165) is 5.57 Å². The van der Waals surface area contributed by atoms with Crippen LogP contribution in [0.1, 0.15) is 76.1 Å². The van der Waals surface area contributed by atoms with Crippen LogP contribution < -0.4 is 10.2 Å². The molecule has 0 spiro atoms. The minimum Gasteiger partial charge on any atom is -0.507 e. The van der Waals surface area contributed by atoms with E-state index in [1.54, 1.807) is 26.0 Å². The molecular weight excluding hydrogens is 464 g/mol. The Hall–Kier alpha value is -3.52. The molecule has 8 heteroatoms. The zero-order valence-corrected chi connectivity index (χ0v) is 21.2. The Labute approximate surface area is 208 Å². The first-order valence-electron chi connectivity index (χ1n) is 11.9. The van der Waals surface area contributed by atoms with Gasteiger partial charge in [-0.3, -0.25) is 9.59 Å². The molecule has 1 fully saturated rings. The number of carbonyl (C=O) groups is 1. The van der Waals surface area contributed by atoms with Crippen LogP contribution in [0.2, 0.25) is 0 Å². The number of aliphatic hydroxyl groups is 2. The third-order valence-corrected chi connectivity index (χ3v) is 7.16. The highest BCUT2D eigenvalue weighted by Crippen LogP contribution is 2.54. The van der Waals surface area contributed by atoms with Crippen LogP contribution >= 0.6 is 0 Å². The molecule has 2 unspecified atom stereocenters. The number of ether oxygens (including phenoxy) is 2. The second-order valence-electron chi connectivity index (χ2n) is 11.2. The number of allylic oxidation sites excluding steroid dienone is 4. The molecule has 3 aliphatic rings. The monoisotopic (exact) mass is 494 g/mol. The molecule has 190 valence electrons. The molecule has 0 bridgehead atoms. The molecule has 3 N–H and O–H groups in total. The molecule has 0 amide bonds. The molecule has 8 nitrogen and oxygen atoms in total. The van der Waals surface area contributed by atoms with Crippen LogP contribution in [0.25, 0.3) is 17.0 Å². The van der Waals surface area contributed by atoms with Crippen molar-refractivity contribution in [2.24, 2.45) is 0 Å². The fourth-order valence-electron chi connectivity index (χ4n) is 5.25. The van der Waals surface area contributed by atoms with Gasteiger partial charge in [-0.25, -0.2) is 0 Å². The first-order valence-corrected chi connectivity index (χ1v) is 11.9. The van der Waals surface area contributed by atoms with Crippen molar-refractivity contribution in [2.45, 2.75) is 77.1 Å². The summed E-state index contributed by atoms with van der Waals surface area (Å²) in [5.74, 6) is -1.93. The van der Waals surface area contributed by atoms with E-state index in [1.165, 1.54) is 6.07 Å². The van der Waals surface area contributed by atoms with E-state index >= 15 is 0 Å². The van der Waals surface area contributed by atoms with Gasteiger partial charge in [-0.15, -0.1) is 0 Å². The van der Waals surface area contributed by atoms with Crippen LogP contribution in [-0.2, 0) is 10.2 Å². The summed E-state index contributed by atoms with van der Waals surface area (Å²) in [4.78, 5) is 27.5. The van der Waals surface area contributed by atoms with E-state index < -0.39 is 39.7 Å². The van der Waals surface area contributed by atoms with Gasteiger partial charge in [-0.1, -0.05) is 11.6 Å². The summed E-state index contributed by atoms with van der Waals surface area (Å²) in [7, 11) is 0. The van der Waals surface area contributed by atoms with Gasteiger partial charge in [-0.2, -0.15) is 0 Å². The summed E-state index contributed by atoms with van der Waals surface area (Å²) in [6.45, 7) is 10.6. The number of carbonyl (C=O) groups excluding carboxylic acids is 1. The Bertz CT molecular complexity index is 1470. The van der Waals surface area contributed by atoms with Crippen molar-refractivity contribution in [1.82, 2.24) is 0 Å². The maximum atomic E-state index is 14.1. The molecule has 5 rings (SSSR count). The van der Waals surface area contributed by atoms with E-state index in [9.17, 15) is 24.9 Å². The number of phenolic OH excluding ortho intramolecular Hbond substituents is 1. The normalized spacial score (nSPS) is 24.1. The highest BCUT2D eigenvalue weighted by Gasteiger charge is 2.58. The summed E-state index contributed by atoms with van der Waals surface area (Å²) < 4.78 is 18.0. The van der Waals surface area contributed by atoms with Gasteiger partial charge in [0.25, 0.3) is 5.78 Å². The number of rotatable bonds is 3. The van der Waals surface area contributed by atoms with Gasteiger partial charge in [-0.05, 0) is 60.1 Å². The van der Waals surface area contributed by atoms with E-state index in [2.05, 4.69) is 0 Å². The molecule has 0 radical (unpaired) electrons. The largest absolute Gasteiger partial charge is 0.507 e. The van der Waals surface area contributed by atoms with Crippen molar-refractivity contribution in [3.8, 4) is 11.5 Å². The second-order valence-corrected chi connectivity index (χ2v) is 11.2. The van der Waals surface area contributed by atoms with Crippen molar-refractivity contribution >= 4 is 22.8 Å². The lowest BCUT2D eigenvalue weighted by Gasteiger charge is -2.33. The van der Waals surface area contributed by atoms with Crippen molar-refractivity contribution in [1.29, 1.82) is 0 Å². The average molecular weight is 495 g/mol. The van der Waals surface area contributed by atoms with Crippen molar-refractivity contribution < 1.29 is 34.0 Å². The summed E-state index contributed by atoms with van der Waals surface area (Å²) in [5.41, 5.74) is -2.44. The van der Waals surface area contributed by atoms with E-state index in [1.807, 2.05) is 33.8 Å². The number of aromatic hydroxyl groups is 1. The number of ketones is 1. The third kappa shape index (κ3) is 3.38. The number of phenols is 1. The van der Waals surface area contributed by atoms with Crippen molar-refractivity contribution in [3.05, 3.63) is 62.4 Å². The molecule has 1 aliphatic carbocycles. The highest BCUT2D eigenvalue weighted by atomic mass is 16.5. The zero-order valence-electron chi connectivity index (χ0n) is 21.2. The molecule has 1 aromatic heterocycles. The zero-order chi connectivity index (χ0) is 26.4. The number of Topliss-reactive ketones (excluding diaryl/α,β-unsaturated/α-hetero) is 1. The fourth-order valence-corrected chi connectivity index (χ4v) is 5.25. The minimum absolute atomic E-state index is 0.000387. The van der Waals surface area contributed by atoms with Crippen LogP contribution in [0.15, 0.2) is 44.5 Å². The predicted octanol–water partition coefficient (Wildman–Crippen LogP) is 4.80. The van der Waals surface area contributed by atoms with Crippen LogP contribution in [0.5, 0.6) is 11.5 Å². The molecule has 1 aromatic carbocycles. The summed E-state index contributed by atoms with van der Waals surface area (Å²) in [6.07, 6.45) is 4.95. The second kappa shape index (κ2) is 7.49. The van der Waals surface area contributed by atoms with Gasteiger partial charge in [0.2, 0.25) is 11.2 Å². The molecule has 2 aromatic rings.